The molecule has 0 bridgehead atoms. The summed E-state index contributed by atoms with van der Waals surface area (Å²) in [5.74, 6) is 1.09. The zero-order chi connectivity index (χ0) is 17.9. The number of likely N-dealkylation sites (tertiary alicyclic amines) is 1. The first-order valence-corrected chi connectivity index (χ1v) is 9.65. The molecule has 2 aromatic heterocycles. The van der Waals surface area contributed by atoms with Crippen molar-refractivity contribution >= 4 is 5.82 Å². The first-order valence-electron chi connectivity index (χ1n) is 9.65. The lowest BCUT2D eigenvalue weighted by molar-refractivity contribution is 0.200. The van der Waals surface area contributed by atoms with Crippen molar-refractivity contribution < 1.29 is 0 Å². The van der Waals surface area contributed by atoms with Gasteiger partial charge in [0, 0.05) is 62.3 Å². The van der Waals surface area contributed by atoms with Crippen LogP contribution in [0.1, 0.15) is 31.4 Å². The fourth-order valence-corrected chi connectivity index (χ4v) is 3.92. The lowest BCUT2D eigenvalue weighted by Gasteiger charge is -2.39. The topological polar surface area (TPSA) is 54.3 Å². The third kappa shape index (κ3) is 3.96. The predicted octanol–water partition coefficient (Wildman–Crippen LogP) is 2.08. The fraction of sp³-hybridized carbons (Fsp3) is 0.550. The Kier molecular flexibility index (Phi) is 5.02. The van der Waals surface area contributed by atoms with Crippen LogP contribution in [0.15, 0.2) is 41.6 Å². The smallest absolute Gasteiger partial charge is 0.250 e. The monoisotopic (exact) mass is 353 g/mol. The Morgan fingerprint density at radius 3 is 2.54 bits per heavy atom. The molecule has 3 heterocycles. The summed E-state index contributed by atoms with van der Waals surface area (Å²) in [4.78, 5) is 25.6. The van der Waals surface area contributed by atoms with Gasteiger partial charge in [0.05, 0.1) is 0 Å². The van der Waals surface area contributed by atoms with Crippen molar-refractivity contribution in [2.24, 2.45) is 0 Å². The summed E-state index contributed by atoms with van der Waals surface area (Å²) >= 11 is 0. The van der Waals surface area contributed by atoms with Crippen molar-refractivity contribution in [2.45, 2.75) is 51.2 Å². The molecule has 1 aliphatic heterocycles. The van der Waals surface area contributed by atoms with Crippen molar-refractivity contribution in [3.8, 4) is 0 Å². The van der Waals surface area contributed by atoms with E-state index in [-0.39, 0.29) is 5.56 Å². The number of rotatable bonds is 6. The lowest BCUT2D eigenvalue weighted by atomic mass is 10.0. The molecule has 6 nitrogen and oxygen atoms in total. The molecule has 0 aromatic carbocycles. The third-order valence-corrected chi connectivity index (χ3v) is 5.50. The number of aromatic nitrogens is 3. The van der Waals surface area contributed by atoms with Gasteiger partial charge in [-0.25, -0.2) is 9.97 Å². The zero-order valence-electron chi connectivity index (χ0n) is 15.4. The van der Waals surface area contributed by atoms with Crippen molar-refractivity contribution in [1.82, 2.24) is 19.4 Å². The summed E-state index contributed by atoms with van der Waals surface area (Å²) in [6.07, 6.45) is 8.43. The van der Waals surface area contributed by atoms with Crippen LogP contribution >= 0.6 is 0 Å². The van der Waals surface area contributed by atoms with Crippen molar-refractivity contribution in [2.75, 3.05) is 24.5 Å². The number of aryl methyl sites for hydroxylation is 1. The van der Waals surface area contributed by atoms with Crippen molar-refractivity contribution in [3.05, 3.63) is 52.8 Å². The maximum atomic E-state index is 11.8. The number of piperidine rings is 1. The van der Waals surface area contributed by atoms with Gasteiger partial charge in [-0.15, -0.1) is 0 Å². The van der Waals surface area contributed by atoms with Crippen LogP contribution in [0.5, 0.6) is 0 Å². The van der Waals surface area contributed by atoms with Crippen LogP contribution in [-0.4, -0.2) is 51.2 Å². The van der Waals surface area contributed by atoms with E-state index in [0.717, 1.165) is 50.5 Å². The maximum Gasteiger partial charge on any atom is 0.250 e. The molecule has 0 radical (unpaired) electrons. The fourth-order valence-electron chi connectivity index (χ4n) is 3.92. The summed E-state index contributed by atoms with van der Waals surface area (Å²) < 4.78 is 1.80. The van der Waals surface area contributed by atoms with Gasteiger partial charge in [0.2, 0.25) is 0 Å². The van der Waals surface area contributed by atoms with Gasteiger partial charge in [0.15, 0.2) is 0 Å². The Morgan fingerprint density at radius 1 is 1.08 bits per heavy atom. The van der Waals surface area contributed by atoms with Gasteiger partial charge >= 0.3 is 0 Å². The molecular formula is C20H27N5O. The molecule has 2 aromatic rings. The van der Waals surface area contributed by atoms with Crippen LogP contribution in [0.4, 0.5) is 5.82 Å². The molecule has 0 atom stereocenters. The highest BCUT2D eigenvalue weighted by Gasteiger charge is 2.36. The minimum absolute atomic E-state index is 0.0847. The molecule has 0 amide bonds. The van der Waals surface area contributed by atoms with Gasteiger partial charge < -0.3 is 14.4 Å². The SMILES string of the molecule is Cc1cc(N(C2CC2)C2CCN(CCn3ccccc3=O)CC2)ncn1. The highest BCUT2D eigenvalue weighted by Crippen LogP contribution is 2.35. The minimum atomic E-state index is 0.0847. The van der Waals surface area contributed by atoms with Crippen LogP contribution in [-0.2, 0) is 6.54 Å². The molecule has 1 saturated carbocycles. The van der Waals surface area contributed by atoms with E-state index >= 15 is 0 Å². The Bertz CT molecular complexity index is 793. The summed E-state index contributed by atoms with van der Waals surface area (Å²) in [7, 11) is 0. The Morgan fingerprint density at radius 2 is 1.85 bits per heavy atom. The molecule has 1 aliphatic carbocycles. The minimum Gasteiger partial charge on any atom is -0.350 e. The van der Waals surface area contributed by atoms with E-state index in [4.69, 9.17) is 0 Å². The van der Waals surface area contributed by atoms with Crippen LogP contribution < -0.4 is 10.5 Å². The lowest BCUT2D eigenvalue weighted by Crippen LogP contribution is -2.47. The molecule has 0 spiro atoms. The average molecular weight is 353 g/mol. The van der Waals surface area contributed by atoms with Gasteiger partial charge in [-0.1, -0.05) is 6.07 Å². The summed E-state index contributed by atoms with van der Waals surface area (Å²) in [5, 5.41) is 0. The molecule has 138 valence electrons. The highest BCUT2D eigenvalue weighted by atomic mass is 16.1. The molecule has 4 rings (SSSR count). The van der Waals surface area contributed by atoms with Crippen LogP contribution in [0.25, 0.3) is 0 Å². The third-order valence-electron chi connectivity index (χ3n) is 5.50. The molecule has 1 saturated heterocycles. The first-order chi connectivity index (χ1) is 12.7. The van der Waals surface area contributed by atoms with Gasteiger partial charge in [-0.05, 0) is 38.7 Å². The van der Waals surface area contributed by atoms with Crippen molar-refractivity contribution in [1.29, 1.82) is 0 Å². The average Bonchev–Trinajstić information content (AvgIpc) is 3.47. The van der Waals surface area contributed by atoms with E-state index in [1.165, 1.54) is 12.8 Å². The maximum absolute atomic E-state index is 11.8. The van der Waals surface area contributed by atoms with Crippen LogP contribution in [0.3, 0.4) is 0 Å². The molecular weight excluding hydrogens is 326 g/mol. The normalized spacial score (nSPS) is 18.8. The molecule has 0 N–H and O–H groups in total. The van der Waals surface area contributed by atoms with Gasteiger partial charge in [-0.2, -0.15) is 0 Å². The van der Waals surface area contributed by atoms with E-state index < -0.39 is 0 Å². The molecule has 6 heteroatoms. The van der Waals surface area contributed by atoms with Gasteiger partial charge in [0.25, 0.3) is 5.56 Å². The second-order valence-corrected chi connectivity index (χ2v) is 7.46. The number of nitrogens with zero attached hydrogens (tertiary/aromatic N) is 5. The van der Waals surface area contributed by atoms with E-state index in [2.05, 4.69) is 25.8 Å². The Labute approximate surface area is 154 Å². The quantitative estimate of drug-likeness (QED) is 0.796. The number of hydrogen-bond acceptors (Lipinski definition) is 5. The van der Waals surface area contributed by atoms with E-state index in [9.17, 15) is 4.79 Å². The summed E-state index contributed by atoms with van der Waals surface area (Å²) in [6.45, 7) is 5.90. The number of anilines is 1. The number of hydrogen-bond donors (Lipinski definition) is 0. The van der Waals surface area contributed by atoms with Gasteiger partial charge in [0.1, 0.15) is 12.1 Å². The van der Waals surface area contributed by atoms with E-state index in [1.807, 2.05) is 19.2 Å². The Balaban J connectivity index is 1.35. The molecule has 0 unspecified atom stereocenters. The summed E-state index contributed by atoms with van der Waals surface area (Å²) in [5.41, 5.74) is 1.12. The second-order valence-electron chi connectivity index (χ2n) is 7.46. The van der Waals surface area contributed by atoms with Crippen LogP contribution in [0, 0.1) is 6.92 Å². The largest absolute Gasteiger partial charge is 0.350 e. The standard InChI is InChI=1S/C20H27N5O/c1-16-14-19(22-15-21-16)25(17-5-6-17)18-7-10-23(11-8-18)12-13-24-9-3-2-4-20(24)26/h2-4,9,14-15,17-18H,5-8,10-13H2,1H3. The number of pyridine rings is 1. The molecule has 2 fully saturated rings. The molecule has 26 heavy (non-hydrogen) atoms. The predicted molar refractivity (Wildman–Crippen MR) is 102 cm³/mol. The molecule has 2 aliphatic rings. The van der Waals surface area contributed by atoms with E-state index in [0.29, 0.717) is 12.1 Å². The second kappa shape index (κ2) is 7.58. The van der Waals surface area contributed by atoms with Crippen LogP contribution in [0.2, 0.25) is 0 Å². The van der Waals surface area contributed by atoms with Gasteiger partial charge in [-0.3, -0.25) is 4.79 Å². The van der Waals surface area contributed by atoms with Crippen molar-refractivity contribution in [3.63, 3.8) is 0 Å². The zero-order valence-corrected chi connectivity index (χ0v) is 15.4. The van der Waals surface area contributed by atoms with E-state index in [1.54, 1.807) is 23.0 Å². The summed E-state index contributed by atoms with van der Waals surface area (Å²) in [6, 6.07) is 8.68. The first kappa shape index (κ1) is 17.2. The highest BCUT2D eigenvalue weighted by molar-refractivity contribution is 5.43. The Hall–Kier alpha value is -2.21.